The van der Waals surface area contributed by atoms with Gasteiger partial charge in [-0.25, -0.2) is 4.39 Å². The standard InChI is InChI=1S/C16H26FN3O/c1-16(2,3)14(21-5)11-20-15(18-4)19-10-12-8-6-7-9-13(12)17/h6-9,14H,10-11H2,1-5H3,(H2,18,19,20). The van der Waals surface area contributed by atoms with E-state index in [0.717, 1.165) is 0 Å². The second kappa shape index (κ2) is 7.98. The van der Waals surface area contributed by atoms with Crippen LogP contribution in [0.5, 0.6) is 0 Å². The van der Waals surface area contributed by atoms with Gasteiger partial charge in [0.25, 0.3) is 0 Å². The van der Waals surface area contributed by atoms with Crippen molar-refractivity contribution in [2.45, 2.75) is 33.4 Å². The van der Waals surface area contributed by atoms with Gasteiger partial charge >= 0.3 is 0 Å². The van der Waals surface area contributed by atoms with Crippen molar-refractivity contribution in [2.75, 3.05) is 20.7 Å². The maximum Gasteiger partial charge on any atom is 0.191 e. The summed E-state index contributed by atoms with van der Waals surface area (Å²) in [5.41, 5.74) is 0.645. The zero-order valence-electron chi connectivity index (χ0n) is 13.5. The van der Waals surface area contributed by atoms with Gasteiger partial charge in [0.1, 0.15) is 5.82 Å². The molecule has 1 aromatic rings. The number of benzene rings is 1. The van der Waals surface area contributed by atoms with Crippen LogP contribution in [0.25, 0.3) is 0 Å². The normalized spacial score (nSPS) is 13.9. The van der Waals surface area contributed by atoms with Crippen molar-refractivity contribution in [3.63, 3.8) is 0 Å². The van der Waals surface area contributed by atoms with Crippen molar-refractivity contribution in [1.29, 1.82) is 0 Å². The van der Waals surface area contributed by atoms with E-state index in [9.17, 15) is 4.39 Å². The van der Waals surface area contributed by atoms with Gasteiger partial charge in [0.2, 0.25) is 0 Å². The van der Waals surface area contributed by atoms with E-state index in [2.05, 4.69) is 36.4 Å². The van der Waals surface area contributed by atoms with E-state index in [1.54, 1.807) is 26.3 Å². The van der Waals surface area contributed by atoms with Crippen LogP contribution in [0, 0.1) is 11.2 Å². The number of aliphatic imine (C=N–C) groups is 1. The summed E-state index contributed by atoms with van der Waals surface area (Å²) in [6.45, 7) is 7.39. The number of halogens is 1. The van der Waals surface area contributed by atoms with Crippen LogP contribution in [0.2, 0.25) is 0 Å². The summed E-state index contributed by atoms with van der Waals surface area (Å²) >= 11 is 0. The molecular weight excluding hydrogens is 269 g/mol. The zero-order valence-corrected chi connectivity index (χ0v) is 13.5. The fourth-order valence-corrected chi connectivity index (χ4v) is 1.97. The van der Waals surface area contributed by atoms with Gasteiger partial charge < -0.3 is 15.4 Å². The molecule has 1 unspecified atom stereocenters. The molecule has 0 aliphatic heterocycles. The first-order valence-corrected chi connectivity index (χ1v) is 7.09. The Morgan fingerprint density at radius 2 is 1.95 bits per heavy atom. The first kappa shape index (κ1) is 17.4. The number of hydrogen-bond donors (Lipinski definition) is 2. The molecule has 0 spiro atoms. The minimum absolute atomic E-state index is 0.0339. The number of guanidine groups is 1. The Bertz CT molecular complexity index is 469. The maximum atomic E-state index is 13.5. The van der Waals surface area contributed by atoms with E-state index < -0.39 is 0 Å². The van der Waals surface area contributed by atoms with Crippen LogP contribution in [0.1, 0.15) is 26.3 Å². The number of methoxy groups -OCH3 is 1. The van der Waals surface area contributed by atoms with Crippen molar-refractivity contribution in [3.8, 4) is 0 Å². The van der Waals surface area contributed by atoms with Crippen LogP contribution in [-0.4, -0.2) is 32.8 Å². The van der Waals surface area contributed by atoms with Crippen molar-refractivity contribution < 1.29 is 9.13 Å². The Hall–Kier alpha value is -1.62. The molecule has 0 bridgehead atoms. The quantitative estimate of drug-likeness (QED) is 0.648. The van der Waals surface area contributed by atoms with Gasteiger partial charge in [-0.2, -0.15) is 0 Å². The average Bonchev–Trinajstić information content (AvgIpc) is 2.43. The first-order chi connectivity index (χ1) is 9.88. The Balaban J connectivity index is 2.52. The molecule has 1 rings (SSSR count). The molecule has 5 heteroatoms. The molecule has 0 fully saturated rings. The van der Waals surface area contributed by atoms with Crippen molar-refractivity contribution in [1.82, 2.24) is 10.6 Å². The van der Waals surface area contributed by atoms with Crippen LogP contribution >= 0.6 is 0 Å². The summed E-state index contributed by atoms with van der Waals surface area (Å²) in [7, 11) is 3.39. The minimum atomic E-state index is -0.218. The molecule has 21 heavy (non-hydrogen) atoms. The monoisotopic (exact) mass is 295 g/mol. The smallest absolute Gasteiger partial charge is 0.191 e. The number of ether oxygens (including phenoxy) is 1. The number of hydrogen-bond acceptors (Lipinski definition) is 2. The highest BCUT2D eigenvalue weighted by Crippen LogP contribution is 2.20. The van der Waals surface area contributed by atoms with E-state index in [4.69, 9.17) is 4.74 Å². The second-order valence-corrected chi connectivity index (χ2v) is 5.99. The summed E-state index contributed by atoms with van der Waals surface area (Å²) in [5, 5.41) is 6.31. The third-order valence-electron chi connectivity index (χ3n) is 3.33. The summed E-state index contributed by atoms with van der Waals surface area (Å²) in [5.74, 6) is 0.412. The van der Waals surface area contributed by atoms with Gasteiger partial charge in [-0.1, -0.05) is 39.0 Å². The largest absolute Gasteiger partial charge is 0.379 e. The molecule has 2 N–H and O–H groups in total. The fraction of sp³-hybridized carbons (Fsp3) is 0.562. The summed E-state index contributed by atoms with van der Waals surface area (Å²) < 4.78 is 19.0. The van der Waals surface area contributed by atoms with E-state index in [1.807, 2.05) is 6.07 Å². The molecule has 0 saturated heterocycles. The summed E-state index contributed by atoms with van der Waals surface area (Å²) in [4.78, 5) is 4.14. The zero-order chi connectivity index (χ0) is 15.9. The summed E-state index contributed by atoms with van der Waals surface area (Å²) in [6, 6.07) is 6.70. The van der Waals surface area contributed by atoms with E-state index in [-0.39, 0.29) is 17.3 Å². The van der Waals surface area contributed by atoms with E-state index >= 15 is 0 Å². The van der Waals surface area contributed by atoms with Gasteiger partial charge in [-0.3, -0.25) is 4.99 Å². The predicted molar refractivity (Wildman–Crippen MR) is 84.9 cm³/mol. The van der Waals surface area contributed by atoms with Crippen LogP contribution in [0.3, 0.4) is 0 Å². The SMILES string of the molecule is CN=C(NCc1ccccc1F)NCC(OC)C(C)(C)C. The molecule has 0 aliphatic carbocycles. The fourth-order valence-electron chi connectivity index (χ4n) is 1.97. The molecule has 1 aromatic carbocycles. The highest BCUT2D eigenvalue weighted by atomic mass is 19.1. The van der Waals surface area contributed by atoms with E-state index in [0.29, 0.717) is 24.6 Å². The third-order valence-corrected chi connectivity index (χ3v) is 3.33. The molecule has 4 nitrogen and oxygen atoms in total. The van der Waals surface area contributed by atoms with Gasteiger partial charge in [0, 0.05) is 32.8 Å². The molecule has 0 heterocycles. The third kappa shape index (κ3) is 5.71. The number of nitrogens with one attached hydrogen (secondary N) is 2. The molecule has 118 valence electrons. The lowest BCUT2D eigenvalue weighted by Crippen LogP contribution is -2.45. The van der Waals surface area contributed by atoms with Crippen LogP contribution in [-0.2, 0) is 11.3 Å². The molecule has 1 atom stereocenters. The highest BCUT2D eigenvalue weighted by molar-refractivity contribution is 5.79. The second-order valence-electron chi connectivity index (χ2n) is 5.99. The predicted octanol–water partition coefficient (Wildman–Crippen LogP) is 2.55. The van der Waals surface area contributed by atoms with Gasteiger partial charge in [-0.05, 0) is 11.5 Å². The van der Waals surface area contributed by atoms with Crippen LogP contribution < -0.4 is 10.6 Å². The molecule has 0 aliphatic rings. The van der Waals surface area contributed by atoms with Gasteiger partial charge in [-0.15, -0.1) is 0 Å². The van der Waals surface area contributed by atoms with Crippen molar-refractivity contribution in [3.05, 3.63) is 35.6 Å². The number of rotatable bonds is 5. The first-order valence-electron chi connectivity index (χ1n) is 7.09. The van der Waals surface area contributed by atoms with Crippen molar-refractivity contribution >= 4 is 5.96 Å². The molecule has 0 radical (unpaired) electrons. The number of nitrogens with zero attached hydrogens (tertiary/aromatic N) is 1. The Kier molecular flexibility index (Phi) is 6.62. The Morgan fingerprint density at radius 1 is 1.29 bits per heavy atom. The maximum absolute atomic E-state index is 13.5. The van der Waals surface area contributed by atoms with Crippen LogP contribution in [0.4, 0.5) is 4.39 Å². The summed E-state index contributed by atoms with van der Waals surface area (Å²) in [6.07, 6.45) is 0.0597. The molecule has 0 aromatic heterocycles. The van der Waals surface area contributed by atoms with Crippen LogP contribution in [0.15, 0.2) is 29.3 Å². The van der Waals surface area contributed by atoms with Gasteiger partial charge in [0.15, 0.2) is 5.96 Å². The van der Waals surface area contributed by atoms with Gasteiger partial charge in [0.05, 0.1) is 6.10 Å². The average molecular weight is 295 g/mol. The lowest BCUT2D eigenvalue weighted by molar-refractivity contribution is 0.0205. The molecular formula is C16H26FN3O. The topological polar surface area (TPSA) is 45.7 Å². The minimum Gasteiger partial charge on any atom is -0.379 e. The lowest BCUT2D eigenvalue weighted by Gasteiger charge is -2.30. The van der Waals surface area contributed by atoms with Crippen molar-refractivity contribution in [2.24, 2.45) is 10.4 Å². The Labute approximate surface area is 126 Å². The molecule has 0 amide bonds. The Morgan fingerprint density at radius 3 is 2.48 bits per heavy atom. The highest BCUT2D eigenvalue weighted by Gasteiger charge is 2.24. The lowest BCUT2D eigenvalue weighted by atomic mass is 9.89. The van der Waals surface area contributed by atoms with E-state index in [1.165, 1.54) is 6.07 Å². The molecule has 0 saturated carbocycles.